The number of benzene rings is 1. The Morgan fingerprint density at radius 2 is 1.90 bits per heavy atom. The first-order valence-corrected chi connectivity index (χ1v) is 9.81. The molecule has 154 valence electrons. The Morgan fingerprint density at radius 1 is 1.17 bits per heavy atom. The molecule has 0 unspecified atom stereocenters. The Balaban J connectivity index is 2.03. The van der Waals surface area contributed by atoms with E-state index < -0.39 is 21.8 Å². The van der Waals surface area contributed by atoms with E-state index >= 15 is 0 Å². The normalized spacial score (nSPS) is 12.1. The number of hydrogen-bond acceptors (Lipinski definition) is 5. The highest BCUT2D eigenvalue weighted by Crippen LogP contribution is 2.35. The minimum absolute atomic E-state index is 0.108. The Hall–Kier alpha value is -2.79. The molecule has 0 spiro atoms. The molecular formula is C17H14ClF3N4O3S. The third-order valence-corrected chi connectivity index (χ3v) is 5.42. The molecule has 0 fully saturated rings. The third kappa shape index (κ3) is 4.46. The molecule has 0 radical (unpaired) electrons. The van der Waals surface area contributed by atoms with Gasteiger partial charge in [0.1, 0.15) is 12.1 Å². The smallest absolute Gasteiger partial charge is 0.416 e. The van der Waals surface area contributed by atoms with Gasteiger partial charge in [-0.3, -0.25) is 9.29 Å². The van der Waals surface area contributed by atoms with Crippen LogP contribution >= 0.6 is 11.6 Å². The number of rotatable bonds is 5. The Kier molecular flexibility index (Phi) is 5.46. The van der Waals surface area contributed by atoms with E-state index in [1.54, 1.807) is 13.0 Å². The van der Waals surface area contributed by atoms with E-state index in [-0.39, 0.29) is 27.3 Å². The number of hydrogen-bond donors (Lipinski definition) is 1. The number of pyridine rings is 1. The van der Waals surface area contributed by atoms with Crippen LogP contribution in [0.3, 0.4) is 0 Å². The number of nitrogens with zero attached hydrogens (tertiary/aromatic N) is 3. The largest absolute Gasteiger partial charge is 0.497 e. The van der Waals surface area contributed by atoms with Gasteiger partial charge in [0.25, 0.3) is 10.0 Å². The molecule has 0 aliphatic rings. The van der Waals surface area contributed by atoms with Crippen LogP contribution in [0, 0.1) is 6.92 Å². The van der Waals surface area contributed by atoms with Gasteiger partial charge in [0.2, 0.25) is 0 Å². The van der Waals surface area contributed by atoms with Gasteiger partial charge < -0.3 is 4.74 Å². The SMILES string of the molecule is COc1cc(NS(=O)(=O)c2cncn2-c2ncc(C)cc2Cl)cc(C(F)(F)F)c1. The maximum absolute atomic E-state index is 13.1. The molecule has 2 heterocycles. The summed E-state index contributed by atoms with van der Waals surface area (Å²) in [5.74, 6) is -0.0500. The fraction of sp³-hybridized carbons (Fsp3) is 0.176. The van der Waals surface area contributed by atoms with Crippen LogP contribution in [-0.4, -0.2) is 30.1 Å². The summed E-state index contributed by atoms with van der Waals surface area (Å²) in [5.41, 5.74) is -0.629. The number of halogens is 4. The van der Waals surface area contributed by atoms with Crippen molar-refractivity contribution in [2.75, 3.05) is 11.8 Å². The molecule has 3 aromatic rings. The van der Waals surface area contributed by atoms with Crippen LogP contribution in [0.2, 0.25) is 5.02 Å². The van der Waals surface area contributed by atoms with Crippen molar-refractivity contribution in [3.05, 3.63) is 59.1 Å². The highest BCUT2D eigenvalue weighted by Gasteiger charge is 2.32. The molecule has 0 aliphatic carbocycles. The zero-order valence-corrected chi connectivity index (χ0v) is 16.6. The van der Waals surface area contributed by atoms with Crippen molar-refractivity contribution in [3.8, 4) is 11.6 Å². The van der Waals surface area contributed by atoms with Gasteiger partial charge in [0.15, 0.2) is 10.8 Å². The minimum atomic E-state index is -4.68. The standard InChI is InChI=1S/C17H14ClF3N4O3S/c1-10-3-14(18)16(23-7-10)25-9-22-8-15(25)29(26,27)24-12-4-11(17(19,20)21)5-13(6-12)28-2/h3-9,24H,1-2H3. The molecule has 1 N–H and O–H groups in total. The number of ether oxygens (including phenoxy) is 1. The summed E-state index contributed by atoms with van der Waals surface area (Å²) in [6, 6.07) is 4.14. The van der Waals surface area contributed by atoms with Gasteiger partial charge in [-0.15, -0.1) is 0 Å². The molecular weight excluding hydrogens is 433 g/mol. The van der Waals surface area contributed by atoms with Crippen molar-refractivity contribution in [2.45, 2.75) is 18.1 Å². The van der Waals surface area contributed by atoms with E-state index in [1.165, 1.54) is 19.6 Å². The van der Waals surface area contributed by atoms with Gasteiger partial charge in [-0.1, -0.05) is 11.6 Å². The lowest BCUT2D eigenvalue weighted by Gasteiger charge is -2.14. The maximum atomic E-state index is 13.1. The first-order chi connectivity index (χ1) is 13.5. The molecule has 0 amide bonds. The van der Waals surface area contributed by atoms with Crippen molar-refractivity contribution in [1.29, 1.82) is 0 Å². The van der Waals surface area contributed by atoms with Gasteiger partial charge in [0, 0.05) is 12.3 Å². The summed E-state index contributed by atoms with van der Waals surface area (Å²) in [6.45, 7) is 1.76. The molecule has 29 heavy (non-hydrogen) atoms. The van der Waals surface area contributed by atoms with Crippen molar-refractivity contribution >= 4 is 27.3 Å². The van der Waals surface area contributed by atoms with Gasteiger partial charge in [-0.25, -0.2) is 9.97 Å². The molecule has 1 aromatic carbocycles. The average molecular weight is 447 g/mol. The van der Waals surface area contributed by atoms with E-state index in [0.717, 1.165) is 28.5 Å². The van der Waals surface area contributed by atoms with Crippen molar-refractivity contribution in [3.63, 3.8) is 0 Å². The first-order valence-electron chi connectivity index (χ1n) is 7.95. The number of alkyl halides is 3. The monoisotopic (exact) mass is 446 g/mol. The van der Waals surface area contributed by atoms with Crippen molar-refractivity contribution in [2.24, 2.45) is 0 Å². The predicted molar refractivity (Wildman–Crippen MR) is 99.9 cm³/mol. The number of nitrogens with one attached hydrogen (secondary N) is 1. The van der Waals surface area contributed by atoms with Crippen LogP contribution in [0.1, 0.15) is 11.1 Å². The Labute approximate surface area is 169 Å². The van der Waals surface area contributed by atoms with Crippen LogP contribution in [0.4, 0.5) is 18.9 Å². The minimum Gasteiger partial charge on any atom is -0.497 e. The van der Waals surface area contributed by atoms with E-state index in [2.05, 4.69) is 14.7 Å². The maximum Gasteiger partial charge on any atom is 0.416 e. The quantitative estimate of drug-likeness (QED) is 0.638. The molecule has 0 atom stereocenters. The number of anilines is 1. The highest BCUT2D eigenvalue weighted by molar-refractivity contribution is 7.92. The summed E-state index contributed by atoms with van der Waals surface area (Å²) < 4.78 is 73.0. The number of aryl methyl sites for hydroxylation is 1. The number of aromatic nitrogens is 3. The van der Waals surface area contributed by atoms with Crippen LogP contribution in [0.15, 0.2) is 48.0 Å². The van der Waals surface area contributed by atoms with Gasteiger partial charge in [-0.2, -0.15) is 21.6 Å². The molecule has 2 aromatic heterocycles. The second-order valence-corrected chi connectivity index (χ2v) is 8.01. The molecule has 0 saturated carbocycles. The Morgan fingerprint density at radius 3 is 2.52 bits per heavy atom. The zero-order chi connectivity index (χ0) is 21.4. The fourth-order valence-electron chi connectivity index (χ4n) is 2.49. The molecule has 0 saturated heterocycles. The fourth-order valence-corrected chi connectivity index (χ4v) is 3.93. The molecule has 3 rings (SSSR count). The van der Waals surface area contributed by atoms with Crippen LogP contribution in [0.5, 0.6) is 5.75 Å². The summed E-state index contributed by atoms with van der Waals surface area (Å²) in [6.07, 6.45) is -0.978. The topological polar surface area (TPSA) is 86.1 Å². The zero-order valence-electron chi connectivity index (χ0n) is 15.0. The number of imidazole rings is 1. The second-order valence-electron chi connectivity index (χ2n) is 5.97. The highest BCUT2D eigenvalue weighted by atomic mass is 35.5. The molecule has 0 bridgehead atoms. The van der Waals surface area contributed by atoms with Crippen LogP contribution in [0.25, 0.3) is 5.82 Å². The summed E-state index contributed by atoms with van der Waals surface area (Å²) in [7, 11) is -3.16. The Bertz CT molecular complexity index is 1160. The van der Waals surface area contributed by atoms with Crippen molar-refractivity contribution < 1.29 is 26.3 Å². The van der Waals surface area contributed by atoms with Gasteiger partial charge in [0.05, 0.1) is 29.6 Å². The van der Waals surface area contributed by atoms with E-state index in [9.17, 15) is 21.6 Å². The lowest BCUT2D eigenvalue weighted by atomic mass is 10.2. The van der Waals surface area contributed by atoms with Crippen molar-refractivity contribution in [1.82, 2.24) is 14.5 Å². The number of methoxy groups -OCH3 is 1. The van der Waals surface area contributed by atoms with Gasteiger partial charge >= 0.3 is 6.18 Å². The predicted octanol–water partition coefficient (Wildman–Crippen LogP) is 4.06. The summed E-state index contributed by atoms with van der Waals surface area (Å²) in [5, 5.41) is -0.174. The van der Waals surface area contributed by atoms with E-state index in [0.29, 0.717) is 6.07 Å². The lowest BCUT2D eigenvalue weighted by Crippen LogP contribution is -2.18. The van der Waals surface area contributed by atoms with Crippen LogP contribution in [-0.2, 0) is 16.2 Å². The second kappa shape index (κ2) is 7.56. The van der Waals surface area contributed by atoms with Crippen LogP contribution < -0.4 is 9.46 Å². The van der Waals surface area contributed by atoms with Gasteiger partial charge in [-0.05, 0) is 30.7 Å². The molecule has 12 heteroatoms. The lowest BCUT2D eigenvalue weighted by molar-refractivity contribution is -0.137. The third-order valence-electron chi connectivity index (χ3n) is 3.79. The average Bonchev–Trinajstić information content (AvgIpc) is 3.10. The summed E-state index contributed by atoms with van der Waals surface area (Å²) in [4.78, 5) is 7.91. The van der Waals surface area contributed by atoms with E-state index in [4.69, 9.17) is 16.3 Å². The van der Waals surface area contributed by atoms with E-state index in [1.807, 2.05) is 0 Å². The first kappa shape index (κ1) is 20.9. The number of sulfonamides is 1. The summed E-state index contributed by atoms with van der Waals surface area (Å²) >= 11 is 6.15. The molecule has 0 aliphatic heterocycles. The molecule has 7 nitrogen and oxygen atoms in total.